The van der Waals surface area contributed by atoms with Crippen LogP contribution in [0.15, 0.2) is 48.5 Å². The SMILES string of the molecule is NC1CCCc2ccccc21.NC1Cc2ccccc21. The molecule has 2 aromatic carbocycles. The molecular weight excluding hydrogens is 244 g/mol. The summed E-state index contributed by atoms with van der Waals surface area (Å²) in [5.41, 5.74) is 17.2. The fraction of sp³-hybridized carbons (Fsp3) is 0.333. The summed E-state index contributed by atoms with van der Waals surface area (Å²) in [6, 6.07) is 17.5. The highest BCUT2D eigenvalue weighted by Gasteiger charge is 2.20. The summed E-state index contributed by atoms with van der Waals surface area (Å²) in [7, 11) is 0. The van der Waals surface area contributed by atoms with Gasteiger partial charge in [-0.2, -0.15) is 0 Å². The molecule has 0 heterocycles. The van der Waals surface area contributed by atoms with Gasteiger partial charge in [-0.3, -0.25) is 0 Å². The van der Waals surface area contributed by atoms with Gasteiger partial charge in [0, 0.05) is 12.1 Å². The molecule has 2 nitrogen and oxygen atoms in total. The van der Waals surface area contributed by atoms with Crippen molar-refractivity contribution < 1.29 is 0 Å². The van der Waals surface area contributed by atoms with Gasteiger partial charge >= 0.3 is 0 Å². The number of fused-ring (bicyclic) bond motifs is 2. The third-order valence-electron chi connectivity index (χ3n) is 4.31. The summed E-state index contributed by atoms with van der Waals surface area (Å²) in [6.07, 6.45) is 4.68. The second-order valence-electron chi connectivity index (χ2n) is 5.71. The van der Waals surface area contributed by atoms with Crippen molar-refractivity contribution in [3.05, 3.63) is 70.8 Å². The summed E-state index contributed by atoms with van der Waals surface area (Å²) in [6.45, 7) is 0. The van der Waals surface area contributed by atoms with Crippen molar-refractivity contribution in [3.63, 3.8) is 0 Å². The lowest BCUT2D eigenvalue weighted by Gasteiger charge is -2.25. The van der Waals surface area contributed by atoms with Crippen LogP contribution in [0.3, 0.4) is 0 Å². The molecule has 0 spiro atoms. The van der Waals surface area contributed by atoms with Crippen LogP contribution in [0.1, 0.15) is 47.2 Å². The van der Waals surface area contributed by atoms with Gasteiger partial charge in [-0.25, -0.2) is 0 Å². The third-order valence-corrected chi connectivity index (χ3v) is 4.31. The predicted molar refractivity (Wildman–Crippen MR) is 83.4 cm³/mol. The molecule has 2 aliphatic rings. The number of hydrogen-bond donors (Lipinski definition) is 2. The van der Waals surface area contributed by atoms with Crippen LogP contribution in [0.4, 0.5) is 0 Å². The molecular formula is C18H22N2. The Kier molecular flexibility index (Phi) is 3.86. The zero-order valence-corrected chi connectivity index (χ0v) is 11.8. The van der Waals surface area contributed by atoms with E-state index in [-0.39, 0.29) is 0 Å². The zero-order valence-electron chi connectivity index (χ0n) is 11.8. The van der Waals surface area contributed by atoms with E-state index < -0.39 is 0 Å². The molecule has 0 aromatic heterocycles. The lowest BCUT2D eigenvalue weighted by Crippen LogP contribution is -2.24. The van der Waals surface area contributed by atoms with Crippen molar-refractivity contribution in [1.29, 1.82) is 0 Å². The fourth-order valence-corrected chi connectivity index (χ4v) is 3.09. The average Bonchev–Trinajstić information content (AvgIpc) is 2.48. The molecule has 4 rings (SSSR count). The molecule has 2 atom stereocenters. The summed E-state index contributed by atoms with van der Waals surface area (Å²) >= 11 is 0. The largest absolute Gasteiger partial charge is 0.324 e. The van der Waals surface area contributed by atoms with Crippen LogP contribution in [-0.2, 0) is 12.8 Å². The van der Waals surface area contributed by atoms with Gasteiger partial charge in [0.05, 0.1) is 0 Å². The highest BCUT2D eigenvalue weighted by atomic mass is 14.7. The normalized spacial score (nSPS) is 22.7. The molecule has 2 heteroatoms. The maximum Gasteiger partial charge on any atom is 0.0338 e. The third kappa shape index (κ3) is 2.62. The summed E-state index contributed by atoms with van der Waals surface area (Å²) in [4.78, 5) is 0. The van der Waals surface area contributed by atoms with Gasteiger partial charge in [-0.1, -0.05) is 48.5 Å². The van der Waals surface area contributed by atoms with Gasteiger partial charge in [0.15, 0.2) is 0 Å². The van der Waals surface area contributed by atoms with E-state index in [1.54, 1.807) is 0 Å². The topological polar surface area (TPSA) is 52.0 Å². The van der Waals surface area contributed by atoms with E-state index in [1.165, 1.54) is 35.1 Å². The second kappa shape index (κ2) is 5.78. The Hall–Kier alpha value is -1.64. The van der Waals surface area contributed by atoms with Crippen LogP contribution in [0.2, 0.25) is 0 Å². The number of aryl methyl sites for hydroxylation is 1. The van der Waals surface area contributed by atoms with E-state index in [1.807, 2.05) is 6.07 Å². The number of benzene rings is 2. The lowest BCUT2D eigenvalue weighted by molar-refractivity contribution is 0.570. The maximum atomic E-state index is 5.95. The van der Waals surface area contributed by atoms with Crippen molar-refractivity contribution in [2.24, 2.45) is 11.5 Å². The Morgan fingerprint density at radius 3 is 1.95 bits per heavy atom. The monoisotopic (exact) mass is 266 g/mol. The smallest absolute Gasteiger partial charge is 0.0338 e. The van der Waals surface area contributed by atoms with Crippen molar-refractivity contribution in [3.8, 4) is 0 Å². The molecule has 0 amide bonds. The first-order chi connectivity index (χ1) is 9.75. The summed E-state index contributed by atoms with van der Waals surface area (Å²) in [5, 5.41) is 0. The Balaban J connectivity index is 0.000000123. The van der Waals surface area contributed by atoms with E-state index in [0.717, 1.165) is 12.8 Å². The standard InChI is InChI=1S/C10H13N.C8H9N/c11-10-7-3-5-8-4-1-2-6-9(8)10;9-8-5-6-3-1-2-4-7(6)8/h1-2,4,6,10H,3,5,7,11H2;1-4,8H,5,9H2. The molecule has 104 valence electrons. The first-order valence-corrected chi connectivity index (χ1v) is 7.42. The second-order valence-corrected chi connectivity index (χ2v) is 5.71. The van der Waals surface area contributed by atoms with Crippen molar-refractivity contribution in [2.75, 3.05) is 0 Å². The van der Waals surface area contributed by atoms with Gasteiger partial charge < -0.3 is 11.5 Å². The summed E-state index contributed by atoms with van der Waals surface area (Å²) in [5.74, 6) is 0. The zero-order chi connectivity index (χ0) is 13.9. The van der Waals surface area contributed by atoms with Crippen LogP contribution in [0.25, 0.3) is 0 Å². The minimum atomic E-state index is 0.292. The van der Waals surface area contributed by atoms with E-state index in [4.69, 9.17) is 11.5 Å². The maximum absolute atomic E-state index is 5.95. The van der Waals surface area contributed by atoms with Gasteiger partial charge in [0.2, 0.25) is 0 Å². The molecule has 0 bridgehead atoms. The van der Waals surface area contributed by atoms with Crippen LogP contribution < -0.4 is 11.5 Å². The van der Waals surface area contributed by atoms with E-state index in [9.17, 15) is 0 Å². The average molecular weight is 266 g/mol. The lowest BCUT2D eigenvalue weighted by atomic mass is 9.84. The van der Waals surface area contributed by atoms with Gasteiger partial charge in [-0.15, -0.1) is 0 Å². The molecule has 2 unspecified atom stereocenters. The van der Waals surface area contributed by atoms with E-state index in [2.05, 4.69) is 42.5 Å². The van der Waals surface area contributed by atoms with Gasteiger partial charge in [-0.05, 0) is 47.9 Å². The number of hydrogen-bond acceptors (Lipinski definition) is 2. The van der Waals surface area contributed by atoms with Crippen LogP contribution >= 0.6 is 0 Å². The van der Waals surface area contributed by atoms with Crippen molar-refractivity contribution in [1.82, 2.24) is 0 Å². The molecule has 0 saturated heterocycles. The van der Waals surface area contributed by atoms with E-state index >= 15 is 0 Å². The quantitative estimate of drug-likeness (QED) is 0.769. The van der Waals surface area contributed by atoms with Crippen LogP contribution in [-0.4, -0.2) is 0 Å². The Labute approximate surface area is 120 Å². The van der Waals surface area contributed by atoms with Crippen molar-refractivity contribution in [2.45, 2.75) is 37.8 Å². The molecule has 0 saturated carbocycles. The Morgan fingerprint density at radius 1 is 0.750 bits per heavy atom. The minimum Gasteiger partial charge on any atom is -0.324 e. The number of nitrogens with two attached hydrogens (primary N) is 2. The molecule has 2 aromatic rings. The molecule has 2 aliphatic carbocycles. The molecule has 0 aliphatic heterocycles. The van der Waals surface area contributed by atoms with Crippen molar-refractivity contribution >= 4 is 0 Å². The van der Waals surface area contributed by atoms with Crippen LogP contribution in [0.5, 0.6) is 0 Å². The Morgan fingerprint density at radius 2 is 1.35 bits per heavy atom. The van der Waals surface area contributed by atoms with Gasteiger partial charge in [0.25, 0.3) is 0 Å². The number of rotatable bonds is 0. The predicted octanol–water partition coefficient (Wildman–Crippen LogP) is 3.27. The Bertz CT molecular complexity index is 591. The summed E-state index contributed by atoms with van der Waals surface area (Å²) < 4.78 is 0. The van der Waals surface area contributed by atoms with E-state index in [0.29, 0.717) is 12.1 Å². The molecule has 0 radical (unpaired) electrons. The first kappa shape index (κ1) is 13.3. The molecule has 20 heavy (non-hydrogen) atoms. The highest BCUT2D eigenvalue weighted by molar-refractivity contribution is 5.38. The highest BCUT2D eigenvalue weighted by Crippen LogP contribution is 2.29. The molecule has 0 fully saturated rings. The minimum absolute atomic E-state index is 0.292. The van der Waals surface area contributed by atoms with Gasteiger partial charge in [0.1, 0.15) is 0 Å². The molecule has 4 N–H and O–H groups in total. The first-order valence-electron chi connectivity index (χ1n) is 7.42. The fourth-order valence-electron chi connectivity index (χ4n) is 3.09. The van der Waals surface area contributed by atoms with Crippen LogP contribution in [0, 0.1) is 0 Å².